The van der Waals surface area contributed by atoms with Crippen LogP contribution in [-0.4, -0.2) is 24.1 Å². The van der Waals surface area contributed by atoms with Crippen LogP contribution in [0.1, 0.15) is 6.92 Å². The third-order valence-corrected chi connectivity index (χ3v) is 1.87. The number of nitro benzene ring substituents is 1. The average molecular weight is 225 g/mol. The number of methoxy groups -OCH3 is 1. The van der Waals surface area contributed by atoms with Crippen LogP contribution in [0.2, 0.25) is 0 Å². The van der Waals surface area contributed by atoms with E-state index in [1.54, 1.807) is 0 Å². The predicted octanol–water partition coefficient (Wildman–Crippen LogP) is 1.54. The van der Waals surface area contributed by atoms with Gasteiger partial charge >= 0.3 is 5.97 Å². The molecule has 1 rings (SSSR count). The summed E-state index contributed by atoms with van der Waals surface area (Å²) in [5.74, 6) is -0.279. The Morgan fingerprint density at radius 1 is 1.50 bits per heavy atom. The fourth-order valence-electron chi connectivity index (χ4n) is 1.09. The maximum Gasteiger partial charge on any atom is 0.346 e. The smallest absolute Gasteiger partial charge is 0.346 e. The molecule has 0 unspecified atom stereocenters. The molecular weight excluding hydrogens is 214 g/mol. The second-order valence-electron chi connectivity index (χ2n) is 3.04. The molecule has 16 heavy (non-hydrogen) atoms. The number of hydrogen-bond donors (Lipinski definition) is 0. The fraction of sp³-hybridized carbons (Fsp3) is 0.300. The summed E-state index contributed by atoms with van der Waals surface area (Å²) in [6.07, 6.45) is -0.799. The highest BCUT2D eigenvalue weighted by atomic mass is 16.6. The number of carbonyl (C=O) groups excluding carboxylic acids is 1. The monoisotopic (exact) mass is 225 g/mol. The van der Waals surface area contributed by atoms with Crippen molar-refractivity contribution in [2.45, 2.75) is 13.0 Å². The first-order valence-corrected chi connectivity index (χ1v) is 4.53. The lowest BCUT2D eigenvalue weighted by molar-refractivity contribution is -0.384. The molecule has 0 fully saturated rings. The number of benzene rings is 1. The molecule has 0 bridgehead atoms. The van der Waals surface area contributed by atoms with Gasteiger partial charge in [0.1, 0.15) is 5.75 Å². The Morgan fingerprint density at radius 3 is 2.75 bits per heavy atom. The Labute approximate surface area is 91.9 Å². The average Bonchev–Trinajstić information content (AvgIpc) is 2.28. The van der Waals surface area contributed by atoms with Crippen molar-refractivity contribution >= 4 is 11.7 Å². The van der Waals surface area contributed by atoms with E-state index in [9.17, 15) is 14.9 Å². The highest BCUT2D eigenvalue weighted by Crippen LogP contribution is 2.20. The topological polar surface area (TPSA) is 78.7 Å². The summed E-state index contributed by atoms with van der Waals surface area (Å²) < 4.78 is 9.64. The summed E-state index contributed by atoms with van der Waals surface area (Å²) in [4.78, 5) is 21.0. The van der Waals surface area contributed by atoms with E-state index < -0.39 is 17.0 Å². The van der Waals surface area contributed by atoms with Crippen LogP contribution >= 0.6 is 0 Å². The van der Waals surface area contributed by atoms with Gasteiger partial charge in [0.15, 0.2) is 6.10 Å². The number of nitro groups is 1. The summed E-state index contributed by atoms with van der Waals surface area (Å²) in [5, 5.41) is 10.5. The summed E-state index contributed by atoms with van der Waals surface area (Å²) in [7, 11) is 1.25. The Hall–Kier alpha value is -2.11. The van der Waals surface area contributed by atoms with Gasteiger partial charge in [0.05, 0.1) is 18.1 Å². The Bertz CT molecular complexity index is 404. The first-order chi connectivity index (χ1) is 7.54. The standard InChI is InChI=1S/C10H11NO5/c1-7(10(12)15-2)16-9-5-3-4-8(6-9)11(13)14/h3-7H,1-2H3/t7-/m0/s1. The highest BCUT2D eigenvalue weighted by molar-refractivity contribution is 5.74. The van der Waals surface area contributed by atoms with Gasteiger partial charge in [0.25, 0.3) is 5.69 Å². The van der Waals surface area contributed by atoms with Crippen molar-refractivity contribution in [2.24, 2.45) is 0 Å². The normalized spacial score (nSPS) is 11.6. The molecule has 0 spiro atoms. The van der Waals surface area contributed by atoms with E-state index >= 15 is 0 Å². The summed E-state index contributed by atoms with van der Waals surface area (Å²) in [6.45, 7) is 1.50. The first-order valence-electron chi connectivity index (χ1n) is 4.53. The molecule has 6 nitrogen and oxygen atoms in total. The predicted molar refractivity (Wildman–Crippen MR) is 55.2 cm³/mol. The number of carbonyl (C=O) groups is 1. The maximum atomic E-state index is 11.1. The van der Waals surface area contributed by atoms with E-state index in [1.165, 1.54) is 38.3 Å². The number of nitrogens with zero attached hydrogens (tertiary/aromatic N) is 1. The lowest BCUT2D eigenvalue weighted by Crippen LogP contribution is -2.24. The van der Waals surface area contributed by atoms with E-state index in [4.69, 9.17) is 4.74 Å². The molecule has 1 atom stereocenters. The van der Waals surface area contributed by atoms with Gasteiger partial charge in [0.2, 0.25) is 0 Å². The molecule has 6 heteroatoms. The second kappa shape index (κ2) is 5.11. The van der Waals surface area contributed by atoms with Gasteiger partial charge in [-0.2, -0.15) is 0 Å². The SMILES string of the molecule is COC(=O)[C@H](C)Oc1cccc([N+](=O)[O-])c1. The van der Waals surface area contributed by atoms with Crippen LogP contribution in [0.3, 0.4) is 0 Å². The van der Waals surface area contributed by atoms with Gasteiger partial charge in [-0.1, -0.05) is 6.07 Å². The molecule has 0 aromatic heterocycles. The molecular formula is C10H11NO5. The van der Waals surface area contributed by atoms with Crippen molar-refractivity contribution in [1.82, 2.24) is 0 Å². The van der Waals surface area contributed by atoms with Crippen LogP contribution in [-0.2, 0) is 9.53 Å². The van der Waals surface area contributed by atoms with Gasteiger partial charge < -0.3 is 9.47 Å². The van der Waals surface area contributed by atoms with Crippen molar-refractivity contribution in [2.75, 3.05) is 7.11 Å². The van der Waals surface area contributed by atoms with Gasteiger partial charge in [0, 0.05) is 6.07 Å². The molecule has 0 amide bonds. The molecule has 0 heterocycles. The van der Waals surface area contributed by atoms with E-state index in [2.05, 4.69) is 4.74 Å². The summed E-state index contributed by atoms with van der Waals surface area (Å²) in [6, 6.07) is 5.61. The number of non-ortho nitro benzene ring substituents is 1. The lowest BCUT2D eigenvalue weighted by atomic mass is 10.3. The third-order valence-electron chi connectivity index (χ3n) is 1.87. The Kier molecular flexibility index (Phi) is 3.82. The minimum atomic E-state index is -0.799. The molecule has 1 aromatic carbocycles. The van der Waals surface area contributed by atoms with Crippen LogP contribution in [0.5, 0.6) is 5.75 Å². The van der Waals surface area contributed by atoms with Crippen LogP contribution < -0.4 is 4.74 Å². The molecule has 86 valence electrons. The second-order valence-corrected chi connectivity index (χ2v) is 3.04. The quantitative estimate of drug-likeness (QED) is 0.441. The zero-order chi connectivity index (χ0) is 12.1. The zero-order valence-electron chi connectivity index (χ0n) is 8.88. The molecule has 0 radical (unpaired) electrons. The molecule has 0 saturated heterocycles. The summed E-state index contributed by atoms with van der Waals surface area (Å²) >= 11 is 0. The number of ether oxygens (including phenoxy) is 2. The molecule has 0 saturated carbocycles. The molecule has 0 aliphatic rings. The van der Waals surface area contributed by atoms with Crippen LogP contribution in [0.25, 0.3) is 0 Å². The van der Waals surface area contributed by atoms with Gasteiger partial charge in [-0.05, 0) is 13.0 Å². The largest absolute Gasteiger partial charge is 0.479 e. The van der Waals surface area contributed by atoms with E-state index in [-0.39, 0.29) is 11.4 Å². The van der Waals surface area contributed by atoms with E-state index in [1.807, 2.05) is 0 Å². The highest BCUT2D eigenvalue weighted by Gasteiger charge is 2.16. The van der Waals surface area contributed by atoms with Crippen molar-refractivity contribution in [3.05, 3.63) is 34.4 Å². The Morgan fingerprint density at radius 2 is 2.19 bits per heavy atom. The van der Waals surface area contributed by atoms with Crippen LogP contribution in [0.4, 0.5) is 5.69 Å². The third kappa shape index (κ3) is 2.94. The molecule has 1 aromatic rings. The minimum absolute atomic E-state index is 0.0884. The number of hydrogen-bond acceptors (Lipinski definition) is 5. The van der Waals surface area contributed by atoms with E-state index in [0.717, 1.165) is 0 Å². The fourth-order valence-corrected chi connectivity index (χ4v) is 1.09. The van der Waals surface area contributed by atoms with Crippen molar-refractivity contribution in [3.8, 4) is 5.75 Å². The number of esters is 1. The Balaban J connectivity index is 2.78. The minimum Gasteiger partial charge on any atom is -0.479 e. The van der Waals surface area contributed by atoms with Gasteiger partial charge in [-0.25, -0.2) is 4.79 Å². The summed E-state index contributed by atoms with van der Waals surface area (Å²) in [5.41, 5.74) is -0.0884. The van der Waals surface area contributed by atoms with Gasteiger partial charge in [-0.15, -0.1) is 0 Å². The van der Waals surface area contributed by atoms with Crippen LogP contribution in [0.15, 0.2) is 24.3 Å². The van der Waals surface area contributed by atoms with Crippen molar-refractivity contribution in [3.63, 3.8) is 0 Å². The first kappa shape index (κ1) is 12.0. The molecule has 0 aliphatic carbocycles. The van der Waals surface area contributed by atoms with Crippen molar-refractivity contribution < 1.29 is 19.2 Å². The maximum absolute atomic E-state index is 11.1. The molecule has 0 aliphatic heterocycles. The van der Waals surface area contributed by atoms with Crippen molar-refractivity contribution in [1.29, 1.82) is 0 Å². The molecule has 0 N–H and O–H groups in total. The lowest BCUT2D eigenvalue weighted by Gasteiger charge is -2.11. The number of rotatable bonds is 4. The van der Waals surface area contributed by atoms with Crippen LogP contribution in [0, 0.1) is 10.1 Å². The van der Waals surface area contributed by atoms with Gasteiger partial charge in [-0.3, -0.25) is 10.1 Å². The van der Waals surface area contributed by atoms with E-state index in [0.29, 0.717) is 0 Å². The zero-order valence-corrected chi connectivity index (χ0v) is 8.88.